The average molecular weight is 296 g/mol. The van der Waals surface area contributed by atoms with Gasteiger partial charge in [0.1, 0.15) is 12.4 Å². The average Bonchev–Trinajstić information content (AvgIpc) is 2.58. The molecule has 0 aliphatic rings. The molecule has 0 aliphatic heterocycles. The molecule has 0 fully saturated rings. The molecule has 5 nitrogen and oxygen atoms in total. The first kappa shape index (κ1) is 15.5. The van der Waals surface area contributed by atoms with Crippen molar-refractivity contribution in [3.8, 4) is 11.8 Å². The van der Waals surface area contributed by atoms with Crippen molar-refractivity contribution >= 4 is 5.91 Å². The van der Waals surface area contributed by atoms with Gasteiger partial charge in [-0.3, -0.25) is 4.79 Å². The summed E-state index contributed by atoms with van der Waals surface area (Å²) in [7, 11) is 0. The Balaban J connectivity index is 1.98. The maximum absolute atomic E-state index is 11.8. The molecule has 0 bridgehead atoms. The smallest absolute Gasteiger partial charge is 0.251 e. The zero-order chi connectivity index (χ0) is 15.8. The van der Waals surface area contributed by atoms with Crippen LogP contribution in [0, 0.1) is 11.3 Å². The van der Waals surface area contributed by atoms with Crippen molar-refractivity contribution in [1.29, 1.82) is 5.26 Å². The predicted molar refractivity (Wildman–Crippen MR) is 81.4 cm³/mol. The topological polar surface area (TPSA) is 82.3 Å². The minimum atomic E-state index is -0.228. The molecule has 0 heterocycles. The van der Waals surface area contributed by atoms with Crippen molar-refractivity contribution in [2.45, 2.75) is 6.61 Å². The van der Waals surface area contributed by atoms with Gasteiger partial charge in [0.15, 0.2) is 0 Å². The lowest BCUT2D eigenvalue weighted by Gasteiger charge is -2.08. The first-order valence-corrected chi connectivity index (χ1v) is 6.84. The van der Waals surface area contributed by atoms with Crippen LogP contribution < -0.4 is 10.1 Å². The Morgan fingerprint density at radius 2 is 2.00 bits per heavy atom. The lowest BCUT2D eigenvalue weighted by Crippen LogP contribution is -2.26. The molecule has 0 unspecified atom stereocenters. The predicted octanol–water partition coefficient (Wildman–Crippen LogP) is 1.86. The van der Waals surface area contributed by atoms with Crippen molar-refractivity contribution in [2.24, 2.45) is 0 Å². The van der Waals surface area contributed by atoms with Crippen molar-refractivity contribution in [1.82, 2.24) is 5.32 Å². The van der Waals surface area contributed by atoms with Crippen LogP contribution in [0.3, 0.4) is 0 Å². The summed E-state index contributed by atoms with van der Waals surface area (Å²) in [5.74, 6) is 0.434. The monoisotopic (exact) mass is 296 g/mol. The number of carbonyl (C=O) groups is 1. The van der Waals surface area contributed by atoms with Crippen molar-refractivity contribution in [2.75, 3.05) is 13.2 Å². The molecule has 22 heavy (non-hydrogen) atoms. The number of nitrogens with one attached hydrogen (secondary N) is 1. The van der Waals surface area contributed by atoms with E-state index in [4.69, 9.17) is 15.1 Å². The first-order valence-electron chi connectivity index (χ1n) is 6.84. The normalized spacial score (nSPS) is 9.82. The van der Waals surface area contributed by atoms with E-state index in [0.29, 0.717) is 23.5 Å². The molecule has 2 aromatic carbocycles. The van der Waals surface area contributed by atoms with Crippen molar-refractivity contribution in [3.63, 3.8) is 0 Å². The van der Waals surface area contributed by atoms with Crippen LogP contribution in [0.1, 0.15) is 21.5 Å². The van der Waals surface area contributed by atoms with Crippen LogP contribution in [-0.2, 0) is 6.61 Å². The Kier molecular flexibility index (Phi) is 5.52. The largest absolute Gasteiger partial charge is 0.489 e. The third-order valence-corrected chi connectivity index (χ3v) is 2.98. The van der Waals surface area contributed by atoms with Gasteiger partial charge in [-0.1, -0.05) is 12.1 Å². The van der Waals surface area contributed by atoms with Crippen LogP contribution in [0.4, 0.5) is 0 Å². The van der Waals surface area contributed by atoms with E-state index in [9.17, 15) is 4.79 Å². The summed E-state index contributed by atoms with van der Waals surface area (Å²) in [5, 5.41) is 20.0. The van der Waals surface area contributed by atoms with E-state index in [1.54, 1.807) is 42.5 Å². The number of benzene rings is 2. The Bertz CT molecular complexity index is 675. The summed E-state index contributed by atoms with van der Waals surface area (Å²) in [5.41, 5.74) is 1.96. The van der Waals surface area contributed by atoms with Crippen LogP contribution >= 0.6 is 0 Å². The number of aliphatic hydroxyl groups excluding tert-OH is 1. The van der Waals surface area contributed by atoms with Gasteiger partial charge in [-0.15, -0.1) is 0 Å². The van der Waals surface area contributed by atoms with Crippen LogP contribution in [-0.4, -0.2) is 24.2 Å². The second kappa shape index (κ2) is 7.81. The second-order valence-corrected chi connectivity index (χ2v) is 4.60. The van der Waals surface area contributed by atoms with Crippen molar-refractivity contribution in [3.05, 3.63) is 65.2 Å². The summed E-state index contributed by atoms with van der Waals surface area (Å²) in [6.45, 7) is 0.463. The molecule has 2 rings (SSSR count). The SMILES string of the molecule is N#Cc1ccc(OCc2cccc(C(=O)NCCO)c2)cc1. The molecule has 2 aromatic rings. The number of hydrogen-bond donors (Lipinski definition) is 2. The zero-order valence-corrected chi connectivity index (χ0v) is 12.0. The highest BCUT2D eigenvalue weighted by molar-refractivity contribution is 5.94. The molecular formula is C17H16N2O3. The summed E-state index contributed by atoms with van der Waals surface area (Å²) in [6.07, 6.45) is 0. The molecule has 0 atom stereocenters. The minimum absolute atomic E-state index is 0.0900. The number of hydrogen-bond acceptors (Lipinski definition) is 4. The van der Waals surface area contributed by atoms with Crippen LogP contribution in [0.5, 0.6) is 5.75 Å². The number of ether oxygens (including phenoxy) is 1. The van der Waals surface area contributed by atoms with Gasteiger partial charge in [0.2, 0.25) is 0 Å². The van der Waals surface area contributed by atoms with E-state index in [1.807, 2.05) is 12.1 Å². The molecule has 0 aromatic heterocycles. The van der Waals surface area contributed by atoms with Crippen LogP contribution in [0.25, 0.3) is 0 Å². The number of aliphatic hydroxyl groups is 1. The molecule has 0 radical (unpaired) electrons. The number of carbonyl (C=O) groups excluding carboxylic acids is 1. The lowest BCUT2D eigenvalue weighted by molar-refractivity contribution is 0.0944. The van der Waals surface area contributed by atoms with E-state index < -0.39 is 0 Å². The molecule has 1 amide bonds. The minimum Gasteiger partial charge on any atom is -0.489 e. The molecule has 5 heteroatoms. The van der Waals surface area contributed by atoms with Gasteiger partial charge in [0.05, 0.1) is 18.2 Å². The Morgan fingerprint density at radius 1 is 1.23 bits per heavy atom. The lowest BCUT2D eigenvalue weighted by atomic mass is 10.1. The molecule has 0 spiro atoms. The van der Waals surface area contributed by atoms with Gasteiger partial charge in [0.25, 0.3) is 5.91 Å². The number of rotatable bonds is 6. The van der Waals surface area contributed by atoms with Gasteiger partial charge in [-0.25, -0.2) is 0 Å². The highest BCUT2D eigenvalue weighted by Crippen LogP contribution is 2.14. The molecule has 0 saturated heterocycles. The first-order chi connectivity index (χ1) is 10.7. The van der Waals surface area contributed by atoms with Gasteiger partial charge < -0.3 is 15.2 Å². The third kappa shape index (κ3) is 4.33. The fraction of sp³-hybridized carbons (Fsp3) is 0.176. The van der Waals surface area contributed by atoms with Crippen molar-refractivity contribution < 1.29 is 14.6 Å². The second-order valence-electron chi connectivity index (χ2n) is 4.60. The van der Waals surface area contributed by atoms with E-state index in [2.05, 4.69) is 5.32 Å². The summed E-state index contributed by atoms with van der Waals surface area (Å²) in [6, 6.07) is 16.0. The fourth-order valence-electron chi connectivity index (χ4n) is 1.87. The molecule has 0 saturated carbocycles. The number of nitriles is 1. The Hall–Kier alpha value is -2.84. The maximum atomic E-state index is 11.8. The van der Waals surface area contributed by atoms with Crippen LogP contribution in [0.2, 0.25) is 0 Å². The van der Waals surface area contributed by atoms with E-state index in [1.165, 1.54) is 0 Å². The van der Waals surface area contributed by atoms with E-state index >= 15 is 0 Å². The number of nitrogens with zero attached hydrogens (tertiary/aromatic N) is 1. The van der Waals surface area contributed by atoms with E-state index in [-0.39, 0.29) is 19.1 Å². The number of amides is 1. The standard InChI is InChI=1S/C17H16N2O3/c18-11-13-4-6-16(7-5-13)22-12-14-2-1-3-15(10-14)17(21)19-8-9-20/h1-7,10,20H,8-9,12H2,(H,19,21). The van der Waals surface area contributed by atoms with Crippen LogP contribution in [0.15, 0.2) is 48.5 Å². The zero-order valence-electron chi connectivity index (χ0n) is 12.0. The highest BCUT2D eigenvalue weighted by atomic mass is 16.5. The molecule has 0 aliphatic carbocycles. The highest BCUT2D eigenvalue weighted by Gasteiger charge is 2.05. The Labute approximate surface area is 128 Å². The fourth-order valence-corrected chi connectivity index (χ4v) is 1.87. The summed E-state index contributed by atoms with van der Waals surface area (Å²) >= 11 is 0. The quantitative estimate of drug-likeness (QED) is 0.852. The summed E-state index contributed by atoms with van der Waals surface area (Å²) in [4.78, 5) is 11.8. The van der Waals surface area contributed by atoms with Gasteiger partial charge in [-0.05, 0) is 42.0 Å². The van der Waals surface area contributed by atoms with Gasteiger partial charge >= 0.3 is 0 Å². The Morgan fingerprint density at radius 3 is 2.68 bits per heavy atom. The molecule has 112 valence electrons. The van der Waals surface area contributed by atoms with E-state index in [0.717, 1.165) is 5.56 Å². The summed E-state index contributed by atoms with van der Waals surface area (Å²) < 4.78 is 5.63. The molecular weight excluding hydrogens is 280 g/mol. The third-order valence-electron chi connectivity index (χ3n) is 2.98. The maximum Gasteiger partial charge on any atom is 0.251 e. The molecule has 2 N–H and O–H groups in total. The van der Waals surface area contributed by atoms with Gasteiger partial charge in [0, 0.05) is 12.1 Å². The van der Waals surface area contributed by atoms with Gasteiger partial charge in [-0.2, -0.15) is 5.26 Å².